The summed E-state index contributed by atoms with van der Waals surface area (Å²) < 4.78 is 10.5. The van der Waals surface area contributed by atoms with E-state index in [-0.39, 0.29) is 24.4 Å². The van der Waals surface area contributed by atoms with E-state index < -0.39 is 0 Å². The number of thiophene rings is 1. The van der Waals surface area contributed by atoms with Crippen LogP contribution < -0.4 is 15.4 Å². The highest BCUT2D eigenvalue weighted by Crippen LogP contribution is 2.35. The van der Waals surface area contributed by atoms with Gasteiger partial charge in [-0.1, -0.05) is 6.92 Å². The summed E-state index contributed by atoms with van der Waals surface area (Å²) in [6.07, 6.45) is 0.942. The molecule has 144 valence electrons. The van der Waals surface area contributed by atoms with Gasteiger partial charge in [0.25, 0.3) is 5.91 Å². The number of hydrogen-bond acceptors (Lipinski definition) is 7. The van der Waals surface area contributed by atoms with Crippen molar-refractivity contribution in [3.63, 3.8) is 0 Å². The first-order valence-electron chi connectivity index (χ1n) is 8.39. The van der Waals surface area contributed by atoms with E-state index in [1.165, 1.54) is 11.3 Å². The van der Waals surface area contributed by atoms with Gasteiger partial charge in [0, 0.05) is 13.2 Å². The number of ether oxygens (including phenoxy) is 2. The molecule has 0 aromatic carbocycles. The molecule has 2 atom stereocenters. The van der Waals surface area contributed by atoms with Crippen LogP contribution in [0.5, 0.6) is 5.88 Å². The molecule has 26 heavy (non-hydrogen) atoms. The van der Waals surface area contributed by atoms with E-state index in [4.69, 9.17) is 9.47 Å². The van der Waals surface area contributed by atoms with Crippen LogP contribution in [0, 0.1) is 12.8 Å². The minimum absolute atomic E-state index is 0. The van der Waals surface area contributed by atoms with E-state index >= 15 is 0 Å². The van der Waals surface area contributed by atoms with Crippen LogP contribution in [0.15, 0.2) is 0 Å². The van der Waals surface area contributed by atoms with Crippen LogP contribution >= 0.6 is 23.7 Å². The Morgan fingerprint density at radius 2 is 2.15 bits per heavy atom. The second kappa shape index (κ2) is 8.94. The Morgan fingerprint density at radius 1 is 1.38 bits per heavy atom. The topological polar surface area (TPSA) is 85.4 Å². The van der Waals surface area contributed by atoms with Crippen molar-refractivity contribution in [2.75, 3.05) is 27.3 Å². The van der Waals surface area contributed by atoms with Crippen LogP contribution in [0.1, 0.15) is 34.4 Å². The largest absolute Gasteiger partial charge is 0.480 e. The van der Waals surface area contributed by atoms with Gasteiger partial charge in [-0.25, -0.2) is 4.98 Å². The van der Waals surface area contributed by atoms with Crippen molar-refractivity contribution in [2.24, 2.45) is 5.92 Å². The molecular weight excluding hydrogens is 376 g/mol. The first-order chi connectivity index (χ1) is 12.0. The molecule has 3 rings (SSSR count). The molecule has 1 fully saturated rings. The number of methoxy groups -OCH3 is 2. The molecule has 0 saturated carbocycles. The molecule has 1 amide bonds. The van der Waals surface area contributed by atoms with Gasteiger partial charge in [-0.05, 0) is 37.9 Å². The number of fused-ring (bicyclic) bond motifs is 1. The van der Waals surface area contributed by atoms with Crippen molar-refractivity contribution in [3.05, 3.63) is 16.3 Å². The third-order valence-corrected chi connectivity index (χ3v) is 5.76. The Kier molecular flexibility index (Phi) is 7.16. The summed E-state index contributed by atoms with van der Waals surface area (Å²) in [6, 6.07) is 0.190. The van der Waals surface area contributed by atoms with Gasteiger partial charge in [-0.3, -0.25) is 4.79 Å². The third kappa shape index (κ3) is 4.09. The number of hydrogen-bond donors (Lipinski definition) is 2. The fourth-order valence-electron chi connectivity index (χ4n) is 3.16. The summed E-state index contributed by atoms with van der Waals surface area (Å²) in [6.45, 7) is 6.23. The molecule has 2 N–H and O–H groups in total. The molecular formula is C17H25ClN4O3S. The van der Waals surface area contributed by atoms with Gasteiger partial charge in [0.15, 0.2) is 5.82 Å². The maximum absolute atomic E-state index is 12.8. The van der Waals surface area contributed by atoms with Crippen LogP contribution in [-0.2, 0) is 11.3 Å². The molecule has 1 aliphatic rings. The number of piperidine rings is 1. The number of halogens is 1. The monoisotopic (exact) mass is 400 g/mol. The summed E-state index contributed by atoms with van der Waals surface area (Å²) in [5.74, 6) is 1.40. The molecule has 9 heteroatoms. The minimum Gasteiger partial charge on any atom is -0.480 e. The van der Waals surface area contributed by atoms with Crippen molar-refractivity contribution >= 4 is 39.9 Å². The highest BCUT2D eigenvalue weighted by Gasteiger charge is 2.26. The van der Waals surface area contributed by atoms with E-state index in [0.717, 1.165) is 35.3 Å². The van der Waals surface area contributed by atoms with E-state index in [1.807, 2.05) is 6.92 Å². The lowest BCUT2D eigenvalue weighted by atomic mass is 9.95. The molecule has 0 spiro atoms. The molecule has 0 radical (unpaired) electrons. The summed E-state index contributed by atoms with van der Waals surface area (Å²) >= 11 is 1.38. The van der Waals surface area contributed by atoms with E-state index in [9.17, 15) is 4.79 Å². The van der Waals surface area contributed by atoms with Crippen molar-refractivity contribution < 1.29 is 14.3 Å². The zero-order valence-corrected chi connectivity index (χ0v) is 17.1. The second-order valence-electron chi connectivity index (χ2n) is 6.37. The molecule has 0 aliphatic carbocycles. The Bertz CT molecular complexity index is 783. The second-order valence-corrected chi connectivity index (χ2v) is 7.37. The Hall–Kier alpha value is -1.48. The van der Waals surface area contributed by atoms with Gasteiger partial charge in [0.1, 0.15) is 11.4 Å². The van der Waals surface area contributed by atoms with Crippen LogP contribution in [0.2, 0.25) is 0 Å². The number of nitrogens with one attached hydrogen (secondary N) is 2. The smallest absolute Gasteiger partial charge is 0.261 e. The predicted molar refractivity (Wildman–Crippen MR) is 105 cm³/mol. The fraction of sp³-hybridized carbons (Fsp3) is 0.588. The maximum Gasteiger partial charge on any atom is 0.261 e. The van der Waals surface area contributed by atoms with Crippen LogP contribution in [0.25, 0.3) is 10.2 Å². The number of carbonyl (C=O) groups is 1. The molecule has 7 nitrogen and oxygen atoms in total. The summed E-state index contributed by atoms with van der Waals surface area (Å²) in [5.41, 5.74) is 0.861. The number of rotatable bonds is 5. The molecule has 0 bridgehead atoms. The summed E-state index contributed by atoms with van der Waals surface area (Å²) in [7, 11) is 3.17. The Labute approximate surface area is 163 Å². The maximum atomic E-state index is 12.8. The summed E-state index contributed by atoms with van der Waals surface area (Å²) in [4.78, 5) is 23.1. The Balaban J connectivity index is 0.00000243. The van der Waals surface area contributed by atoms with Crippen LogP contribution in [0.3, 0.4) is 0 Å². The Morgan fingerprint density at radius 3 is 2.81 bits per heavy atom. The van der Waals surface area contributed by atoms with Gasteiger partial charge in [0.05, 0.1) is 17.4 Å². The normalized spacial score (nSPS) is 19.8. The molecule has 3 heterocycles. The highest BCUT2D eigenvalue weighted by molar-refractivity contribution is 7.20. The SMILES string of the molecule is COCc1nc(OC)c2c(C)c(C(=O)NC3CCNCC3C)sc2n1.Cl. The van der Waals surface area contributed by atoms with Crippen molar-refractivity contribution in [1.82, 2.24) is 20.6 Å². The zero-order chi connectivity index (χ0) is 18.0. The van der Waals surface area contributed by atoms with Crippen molar-refractivity contribution in [1.29, 1.82) is 0 Å². The lowest BCUT2D eigenvalue weighted by Gasteiger charge is -2.30. The van der Waals surface area contributed by atoms with Gasteiger partial charge in [0.2, 0.25) is 5.88 Å². The lowest BCUT2D eigenvalue weighted by Crippen LogP contribution is -2.48. The standard InChI is InChI=1S/C17H24N4O3S.ClH/c1-9-7-18-6-5-11(9)19-15(22)14-10(2)13-16(24-4)20-12(8-23-3)21-17(13)25-14;/h9,11,18H,5-8H2,1-4H3,(H,19,22);1H. The van der Waals surface area contributed by atoms with E-state index in [2.05, 4.69) is 27.5 Å². The minimum atomic E-state index is -0.0467. The molecule has 2 aromatic rings. The quantitative estimate of drug-likeness (QED) is 0.801. The first kappa shape index (κ1) is 20.8. The van der Waals surface area contributed by atoms with Crippen molar-refractivity contribution in [2.45, 2.75) is 32.9 Å². The number of carbonyl (C=O) groups excluding carboxylic acids is 1. The first-order valence-corrected chi connectivity index (χ1v) is 9.21. The van der Waals surface area contributed by atoms with Crippen molar-refractivity contribution in [3.8, 4) is 5.88 Å². The number of aromatic nitrogens is 2. The third-order valence-electron chi connectivity index (χ3n) is 4.58. The number of amides is 1. The predicted octanol–water partition coefficient (Wildman–Crippen LogP) is 2.30. The fourth-order valence-corrected chi connectivity index (χ4v) is 4.26. The van der Waals surface area contributed by atoms with Gasteiger partial charge >= 0.3 is 0 Å². The highest BCUT2D eigenvalue weighted by atomic mass is 35.5. The average Bonchev–Trinajstić information content (AvgIpc) is 2.93. The van der Waals surface area contributed by atoms with Gasteiger partial charge < -0.3 is 20.1 Å². The molecule has 1 saturated heterocycles. The number of aryl methyl sites for hydroxylation is 1. The van der Waals surface area contributed by atoms with Gasteiger partial charge in [-0.2, -0.15) is 4.98 Å². The summed E-state index contributed by atoms with van der Waals surface area (Å²) in [5, 5.41) is 7.33. The van der Waals surface area contributed by atoms with Gasteiger partial charge in [-0.15, -0.1) is 23.7 Å². The van der Waals surface area contributed by atoms with Crippen LogP contribution in [0.4, 0.5) is 0 Å². The molecule has 2 aromatic heterocycles. The lowest BCUT2D eigenvalue weighted by molar-refractivity contribution is 0.0918. The zero-order valence-electron chi connectivity index (χ0n) is 15.4. The van der Waals surface area contributed by atoms with E-state index in [0.29, 0.717) is 29.1 Å². The molecule has 2 unspecified atom stereocenters. The van der Waals surface area contributed by atoms with Crippen LogP contribution in [-0.4, -0.2) is 49.2 Å². The average molecular weight is 401 g/mol. The van der Waals surface area contributed by atoms with E-state index in [1.54, 1.807) is 14.2 Å². The molecule has 1 aliphatic heterocycles. The number of nitrogens with zero attached hydrogens (tertiary/aromatic N) is 2.